The van der Waals surface area contributed by atoms with Crippen LogP contribution in [-0.2, 0) is 11.8 Å². The Morgan fingerprint density at radius 2 is 1.95 bits per heavy atom. The number of rotatable bonds is 6. The van der Waals surface area contributed by atoms with Crippen LogP contribution >= 0.6 is 0 Å². The van der Waals surface area contributed by atoms with Gasteiger partial charge >= 0.3 is 0 Å². The van der Waals surface area contributed by atoms with Crippen molar-refractivity contribution in [3.8, 4) is 5.75 Å². The van der Waals surface area contributed by atoms with Crippen molar-refractivity contribution in [3.05, 3.63) is 41.5 Å². The molecule has 0 radical (unpaired) electrons. The second kappa shape index (κ2) is 7.52. The lowest BCUT2D eigenvalue weighted by Crippen LogP contribution is -2.14. The summed E-state index contributed by atoms with van der Waals surface area (Å²) < 4.78 is 5.91. The summed E-state index contributed by atoms with van der Waals surface area (Å²) in [7, 11) is 0. The van der Waals surface area contributed by atoms with Crippen molar-refractivity contribution in [1.82, 2.24) is 0 Å². The highest BCUT2D eigenvalue weighted by Crippen LogP contribution is 2.33. The van der Waals surface area contributed by atoms with Gasteiger partial charge in [-0.2, -0.15) is 0 Å². The van der Waals surface area contributed by atoms with Crippen LogP contribution in [0.5, 0.6) is 5.75 Å². The van der Waals surface area contributed by atoms with Crippen molar-refractivity contribution in [2.75, 3.05) is 6.61 Å². The summed E-state index contributed by atoms with van der Waals surface area (Å²) in [6.45, 7) is 14.0. The minimum atomic E-state index is 0.114. The lowest BCUT2D eigenvalue weighted by molar-refractivity contribution is 0.308. The zero-order chi connectivity index (χ0) is 15.2. The van der Waals surface area contributed by atoms with E-state index in [0.717, 1.165) is 25.2 Å². The van der Waals surface area contributed by atoms with E-state index in [0.29, 0.717) is 5.92 Å². The fourth-order valence-electron chi connectivity index (χ4n) is 2.40. The molecular weight excluding hydrogens is 244 g/mol. The Bertz CT molecular complexity index is 438. The van der Waals surface area contributed by atoms with Gasteiger partial charge in [-0.25, -0.2) is 0 Å². The molecule has 0 saturated heterocycles. The van der Waals surface area contributed by atoms with Crippen molar-refractivity contribution in [2.24, 2.45) is 5.92 Å². The molecule has 0 aliphatic heterocycles. The molecule has 112 valence electrons. The van der Waals surface area contributed by atoms with Crippen LogP contribution < -0.4 is 4.74 Å². The summed E-state index contributed by atoms with van der Waals surface area (Å²) in [5, 5.41) is 0. The van der Waals surface area contributed by atoms with Gasteiger partial charge in [-0.05, 0) is 48.3 Å². The van der Waals surface area contributed by atoms with Crippen LogP contribution in [0.3, 0.4) is 0 Å². The van der Waals surface area contributed by atoms with Gasteiger partial charge in [0, 0.05) is 0 Å². The quantitative estimate of drug-likeness (QED) is 0.620. The van der Waals surface area contributed by atoms with Gasteiger partial charge in [0.1, 0.15) is 5.75 Å². The molecule has 1 aromatic rings. The summed E-state index contributed by atoms with van der Waals surface area (Å²) >= 11 is 0. The van der Waals surface area contributed by atoms with Gasteiger partial charge in [0.25, 0.3) is 0 Å². The molecule has 1 heteroatoms. The first-order chi connectivity index (χ1) is 9.38. The Kier molecular flexibility index (Phi) is 6.32. The normalized spacial score (nSPS) is 13.7. The van der Waals surface area contributed by atoms with E-state index in [1.54, 1.807) is 0 Å². The number of hydrogen-bond donors (Lipinski definition) is 0. The molecule has 0 N–H and O–H groups in total. The smallest absolute Gasteiger partial charge is 0.123 e. The second-order valence-electron chi connectivity index (χ2n) is 6.64. The van der Waals surface area contributed by atoms with Gasteiger partial charge in [-0.15, -0.1) is 0 Å². The van der Waals surface area contributed by atoms with Gasteiger partial charge in [0.05, 0.1) is 6.61 Å². The van der Waals surface area contributed by atoms with Crippen LogP contribution in [0.1, 0.15) is 59.1 Å². The lowest BCUT2D eigenvalue weighted by atomic mass is 9.84. The third-order valence-electron chi connectivity index (χ3n) is 3.39. The topological polar surface area (TPSA) is 9.23 Å². The standard InChI is InChI=1S/C19H30O/c1-7-9-15(3)13-16-10-11-18(20-12-8-2)17(14-16)19(4,5)6/h7,9-11,14-15H,8,12-13H2,1-6H3/b9-7-. The molecule has 1 rings (SSSR count). The molecule has 1 unspecified atom stereocenters. The molecule has 20 heavy (non-hydrogen) atoms. The molecule has 1 nitrogen and oxygen atoms in total. The number of ether oxygens (including phenoxy) is 1. The average molecular weight is 274 g/mol. The predicted octanol–water partition coefficient (Wildman–Crippen LogP) is 5.53. The third-order valence-corrected chi connectivity index (χ3v) is 3.39. The molecule has 0 aliphatic rings. The molecule has 0 aromatic heterocycles. The number of allylic oxidation sites excluding steroid dienone is 2. The summed E-state index contributed by atoms with van der Waals surface area (Å²) in [5.74, 6) is 1.62. The monoisotopic (exact) mass is 274 g/mol. The fourth-order valence-corrected chi connectivity index (χ4v) is 2.40. The lowest BCUT2D eigenvalue weighted by Gasteiger charge is -2.24. The summed E-state index contributed by atoms with van der Waals surface area (Å²) in [5.41, 5.74) is 2.82. The first-order valence-electron chi connectivity index (χ1n) is 7.77. The van der Waals surface area contributed by atoms with Crippen molar-refractivity contribution in [1.29, 1.82) is 0 Å². The second-order valence-corrected chi connectivity index (χ2v) is 6.64. The fraction of sp³-hybridized carbons (Fsp3) is 0.579. The molecule has 0 amide bonds. The maximum atomic E-state index is 5.91. The molecule has 0 bridgehead atoms. The van der Waals surface area contributed by atoms with Crippen molar-refractivity contribution in [2.45, 2.75) is 59.8 Å². The van der Waals surface area contributed by atoms with E-state index in [-0.39, 0.29) is 5.41 Å². The molecule has 0 saturated carbocycles. The Balaban J connectivity index is 3.01. The molecule has 0 heterocycles. The van der Waals surface area contributed by atoms with Gasteiger partial charge in [-0.1, -0.05) is 58.9 Å². The maximum Gasteiger partial charge on any atom is 0.123 e. The maximum absolute atomic E-state index is 5.91. The summed E-state index contributed by atoms with van der Waals surface area (Å²) in [6.07, 6.45) is 6.53. The van der Waals surface area contributed by atoms with Crippen LogP contribution in [0.15, 0.2) is 30.4 Å². The van der Waals surface area contributed by atoms with E-state index in [2.05, 4.69) is 71.9 Å². The number of benzene rings is 1. The first-order valence-corrected chi connectivity index (χ1v) is 7.77. The summed E-state index contributed by atoms with van der Waals surface area (Å²) in [6, 6.07) is 6.68. The van der Waals surface area contributed by atoms with Crippen molar-refractivity contribution >= 4 is 0 Å². The van der Waals surface area contributed by atoms with Gasteiger partial charge < -0.3 is 4.74 Å². The highest BCUT2D eigenvalue weighted by molar-refractivity contribution is 5.42. The summed E-state index contributed by atoms with van der Waals surface area (Å²) in [4.78, 5) is 0. The highest BCUT2D eigenvalue weighted by atomic mass is 16.5. The molecule has 1 atom stereocenters. The number of hydrogen-bond acceptors (Lipinski definition) is 1. The van der Waals surface area contributed by atoms with E-state index in [9.17, 15) is 0 Å². The van der Waals surface area contributed by atoms with Crippen molar-refractivity contribution in [3.63, 3.8) is 0 Å². The highest BCUT2D eigenvalue weighted by Gasteiger charge is 2.19. The van der Waals surface area contributed by atoms with E-state index in [1.807, 2.05) is 0 Å². The van der Waals surface area contributed by atoms with Crippen LogP contribution in [0.4, 0.5) is 0 Å². The largest absolute Gasteiger partial charge is 0.493 e. The SMILES string of the molecule is C/C=C\C(C)Cc1ccc(OCCC)c(C(C)(C)C)c1. The van der Waals surface area contributed by atoms with E-state index in [1.165, 1.54) is 11.1 Å². The zero-order valence-corrected chi connectivity index (χ0v) is 14.0. The van der Waals surface area contributed by atoms with E-state index >= 15 is 0 Å². The minimum absolute atomic E-state index is 0.114. The molecule has 1 aromatic carbocycles. The van der Waals surface area contributed by atoms with Crippen LogP contribution in [-0.4, -0.2) is 6.61 Å². The Morgan fingerprint density at radius 1 is 1.25 bits per heavy atom. The Labute approximate surface area is 125 Å². The van der Waals surface area contributed by atoms with E-state index < -0.39 is 0 Å². The van der Waals surface area contributed by atoms with Gasteiger partial charge in [0.2, 0.25) is 0 Å². The Hall–Kier alpha value is -1.24. The zero-order valence-electron chi connectivity index (χ0n) is 14.0. The molecule has 0 aliphatic carbocycles. The van der Waals surface area contributed by atoms with Gasteiger partial charge in [0.15, 0.2) is 0 Å². The molecular formula is C19H30O. The van der Waals surface area contributed by atoms with Crippen LogP contribution in [0.2, 0.25) is 0 Å². The third kappa shape index (κ3) is 5.03. The Morgan fingerprint density at radius 3 is 2.50 bits per heavy atom. The molecule has 0 fully saturated rings. The van der Waals surface area contributed by atoms with Gasteiger partial charge in [-0.3, -0.25) is 0 Å². The predicted molar refractivity (Wildman–Crippen MR) is 88.6 cm³/mol. The average Bonchev–Trinajstić information content (AvgIpc) is 2.36. The first kappa shape index (κ1) is 16.8. The van der Waals surface area contributed by atoms with Crippen LogP contribution in [0, 0.1) is 5.92 Å². The van der Waals surface area contributed by atoms with Crippen LogP contribution in [0.25, 0.3) is 0 Å². The minimum Gasteiger partial charge on any atom is -0.493 e. The van der Waals surface area contributed by atoms with E-state index in [4.69, 9.17) is 4.74 Å². The molecule has 0 spiro atoms. The van der Waals surface area contributed by atoms with Crippen molar-refractivity contribution < 1.29 is 4.74 Å².